The van der Waals surface area contributed by atoms with E-state index in [9.17, 15) is 9.59 Å². The van der Waals surface area contributed by atoms with Gasteiger partial charge < -0.3 is 10.1 Å². The van der Waals surface area contributed by atoms with Crippen molar-refractivity contribution < 1.29 is 14.3 Å². The van der Waals surface area contributed by atoms with Crippen LogP contribution < -0.4 is 5.32 Å². The minimum Gasteiger partial charge on any atom is -0.462 e. The summed E-state index contributed by atoms with van der Waals surface area (Å²) in [5, 5.41) is 3.40. The van der Waals surface area contributed by atoms with Gasteiger partial charge in [0.25, 0.3) is 5.91 Å². The number of nitrogens with one attached hydrogen (secondary N) is 1. The third kappa shape index (κ3) is 5.02. The molecule has 0 aromatic heterocycles. The molecular formula is C24H27ClN2O3. The lowest BCUT2D eigenvalue weighted by Crippen LogP contribution is -2.49. The van der Waals surface area contributed by atoms with Gasteiger partial charge in [-0.3, -0.25) is 9.69 Å². The topological polar surface area (TPSA) is 58.6 Å². The van der Waals surface area contributed by atoms with E-state index in [2.05, 4.69) is 10.2 Å². The standard InChI is InChI=1S/C24H27ClN2O3/c25-20-10-6-17(7-11-20)23(28)26-21-12-8-18(9-13-21)24(29)30-16-19-4-3-15-27-14-2-1-5-22(19)27/h6-13,19,22H,1-5,14-16H2,(H,26,28)/t19-,22+/m0/s1. The molecule has 2 aromatic carbocycles. The molecule has 1 amide bonds. The van der Waals surface area contributed by atoms with Crippen LogP contribution >= 0.6 is 11.6 Å². The van der Waals surface area contributed by atoms with Crippen LogP contribution in [0.4, 0.5) is 5.69 Å². The lowest BCUT2D eigenvalue weighted by atomic mass is 9.84. The fraction of sp³-hybridized carbons (Fsp3) is 0.417. The van der Waals surface area contributed by atoms with Crippen LogP contribution in [0.25, 0.3) is 0 Å². The van der Waals surface area contributed by atoms with Gasteiger partial charge in [0, 0.05) is 28.2 Å². The number of hydrogen-bond donors (Lipinski definition) is 1. The lowest BCUT2D eigenvalue weighted by molar-refractivity contribution is 0.00739. The number of anilines is 1. The van der Waals surface area contributed by atoms with Gasteiger partial charge in [-0.15, -0.1) is 0 Å². The maximum atomic E-state index is 12.5. The summed E-state index contributed by atoms with van der Waals surface area (Å²) in [6, 6.07) is 14.1. The third-order valence-electron chi connectivity index (χ3n) is 6.14. The number of fused-ring (bicyclic) bond motifs is 1. The van der Waals surface area contributed by atoms with Crippen molar-refractivity contribution in [2.45, 2.75) is 38.1 Å². The molecule has 158 valence electrons. The molecule has 30 heavy (non-hydrogen) atoms. The minimum atomic E-state index is -0.307. The maximum Gasteiger partial charge on any atom is 0.338 e. The number of nitrogens with zero attached hydrogens (tertiary/aromatic N) is 1. The predicted octanol–water partition coefficient (Wildman–Crippen LogP) is 5.01. The quantitative estimate of drug-likeness (QED) is 0.682. The largest absolute Gasteiger partial charge is 0.462 e. The summed E-state index contributed by atoms with van der Waals surface area (Å²) >= 11 is 5.85. The van der Waals surface area contributed by atoms with Crippen molar-refractivity contribution in [1.29, 1.82) is 0 Å². The summed E-state index contributed by atoms with van der Waals surface area (Å²) in [6.07, 6.45) is 6.08. The van der Waals surface area contributed by atoms with E-state index in [-0.39, 0.29) is 11.9 Å². The van der Waals surface area contributed by atoms with Gasteiger partial charge in [-0.25, -0.2) is 4.79 Å². The first-order valence-electron chi connectivity index (χ1n) is 10.7. The molecule has 1 N–H and O–H groups in total. The molecule has 2 fully saturated rings. The lowest BCUT2D eigenvalue weighted by Gasteiger charge is -2.44. The molecule has 4 rings (SSSR count). The number of amides is 1. The highest BCUT2D eigenvalue weighted by Crippen LogP contribution is 2.31. The first kappa shape index (κ1) is 20.9. The summed E-state index contributed by atoms with van der Waals surface area (Å²) in [5.74, 6) is -0.101. The second-order valence-electron chi connectivity index (χ2n) is 8.14. The van der Waals surface area contributed by atoms with E-state index >= 15 is 0 Å². The molecule has 0 saturated carbocycles. The SMILES string of the molecule is O=C(Nc1ccc(C(=O)OC[C@@H]2CCCN3CCCC[C@H]23)cc1)c1ccc(Cl)cc1. The van der Waals surface area contributed by atoms with E-state index in [0.717, 1.165) is 6.42 Å². The molecular weight excluding hydrogens is 400 g/mol. The Kier molecular flexibility index (Phi) is 6.70. The van der Waals surface area contributed by atoms with Gasteiger partial charge in [-0.1, -0.05) is 18.0 Å². The summed E-state index contributed by atoms with van der Waals surface area (Å²) < 4.78 is 5.65. The van der Waals surface area contributed by atoms with Gasteiger partial charge in [0.15, 0.2) is 0 Å². The zero-order valence-corrected chi connectivity index (χ0v) is 17.7. The molecule has 2 aliphatic rings. The van der Waals surface area contributed by atoms with Crippen molar-refractivity contribution in [2.24, 2.45) is 5.92 Å². The first-order chi connectivity index (χ1) is 14.6. The van der Waals surface area contributed by atoms with Crippen LogP contribution in [0, 0.1) is 5.92 Å². The number of hydrogen-bond acceptors (Lipinski definition) is 4. The molecule has 2 saturated heterocycles. The molecule has 2 aromatic rings. The smallest absolute Gasteiger partial charge is 0.338 e. The van der Waals surface area contributed by atoms with Gasteiger partial charge in [-0.05, 0) is 87.3 Å². The van der Waals surface area contributed by atoms with Crippen LogP contribution in [0.5, 0.6) is 0 Å². The fourth-order valence-corrected chi connectivity index (χ4v) is 4.66. The van der Waals surface area contributed by atoms with E-state index in [0.29, 0.717) is 40.4 Å². The number of rotatable bonds is 5. The van der Waals surface area contributed by atoms with E-state index < -0.39 is 0 Å². The highest BCUT2D eigenvalue weighted by molar-refractivity contribution is 6.30. The van der Waals surface area contributed by atoms with Crippen LogP contribution in [0.15, 0.2) is 48.5 Å². The van der Waals surface area contributed by atoms with E-state index in [4.69, 9.17) is 16.3 Å². The summed E-state index contributed by atoms with van der Waals surface area (Å²) in [5.41, 5.74) is 1.64. The van der Waals surface area contributed by atoms with Crippen LogP contribution in [0.1, 0.15) is 52.8 Å². The molecule has 0 spiro atoms. The predicted molar refractivity (Wildman–Crippen MR) is 118 cm³/mol. The Morgan fingerprint density at radius 2 is 1.63 bits per heavy atom. The Labute approximate surface area is 182 Å². The second-order valence-corrected chi connectivity index (χ2v) is 8.57. The Morgan fingerprint density at radius 3 is 2.40 bits per heavy atom. The van der Waals surface area contributed by atoms with E-state index in [1.807, 2.05) is 0 Å². The Balaban J connectivity index is 1.30. The Morgan fingerprint density at radius 1 is 0.933 bits per heavy atom. The second kappa shape index (κ2) is 9.63. The van der Waals surface area contributed by atoms with Crippen molar-refractivity contribution in [3.63, 3.8) is 0 Å². The first-order valence-corrected chi connectivity index (χ1v) is 11.1. The summed E-state index contributed by atoms with van der Waals surface area (Å²) in [7, 11) is 0. The number of ether oxygens (including phenoxy) is 1. The van der Waals surface area contributed by atoms with Crippen molar-refractivity contribution >= 4 is 29.2 Å². The summed E-state index contributed by atoms with van der Waals surface area (Å²) in [6.45, 7) is 2.84. The van der Waals surface area contributed by atoms with Crippen molar-refractivity contribution in [3.8, 4) is 0 Å². The monoisotopic (exact) mass is 426 g/mol. The number of esters is 1. The van der Waals surface area contributed by atoms with Crippen LogP contribution in [-0.4, -0.2) is 42.5 Å². The van der Waals surface area contributed by atoms with Gasteiger partial charge in [0.2, 0.25) is 0 Å². The number of benzene rings is 2. The molecule has 0 aliphatic carbocycles. The average molecular weight is 427 g/mol. The normalized spacial score (nSPS) is 21.5. The molecule has 2 atom stereocenters. The molecule has 5 nitrogen and oxygen atoms in total. The van der Waals surface area contributed by atoms with Crippen LogP contribution in [-0.2, 0) is 4.74 Å². The number of halogens is 1. The van der Waals surface area contributed by atoms with Crippen molar-refractivity contribution in [2.75, 3.05) is 25.0 Å². The molecule has 6 heteroatoms. The summed E-state index contributed by atoms with van der Waals surface area (Å²) in [4.78, 5) is 27.4. The number of carbonyl (C=O) groups excluding carboxylic acids is 2. The van der Waals surface area contributed by atoms with E-state index in [1.165, 1.54) is 38.8 Å². The Bertz CT molecular complexity index is 880. The molecule has 2 aliphatic heterocycles. The van der Waals surface area contributed by atoms with Gasteiger partial charge in [0.1, 0.15) is 0 Å². The zero-order valence-electron chi connectivity index (χ0n) is 17.0. The van der Waals surface area contributed by atoms with E-state index in [1.54, 1.807) is 48.5 Å². The minimum absolute atomic E-state index is 0.226. The number of piperidine rings is 2. The van der Waals surface area contributed by atoms with Crippen molar-refractivity contribution in [1.82, 2.24) is 4.90 Å². The molecule has 0 bridgehead atoms. The fourth-order valence-electron chi connectivity index (χ4n) is 4.53. The Hall–Kier alpha value is -2.37. The highest BCUT2D eigenvalue weighted by atomic mass is 35.5. The molecule has 2 heterocycles. The van der Waals surface area contributed by atoms with Crippen LogP contribution in [0.2, 0.25) is 5.02 Å². The van der Waals surface area contributed by atoms with Gasteiger partial charge in [-0.2, -0.15) is 0 Å². The maximum absolute atomic E-state index is 12.5. The van der Waals surface area contributed by atoms with Gasteiger partial charge >= 0.3 is 5.97 Å². The highest BCUT2D eigenvalue weighted by Gasteiger charge is 2.33. The zero-order chi connectivity index (χ0) is 20.9. The molecule has 0 unspecified atom stereocenters. The van der Waals surface area contributed by atoms with Gasteiger partial charge in [0.05, 0.1) is 12.2 Å². The van der Waals surface area contributed by atoms with Crippen LogP contribution in [0.3, 0.4) is 0 Å². The number of carbonyl (C=O) groups is 2. The third-order valence-corrected chi connectivity index (χ3v) is 6.39. The average Bonchev–Trinajstić information content (AvgIpc) is 2.78. The van der Waals surface area contributed by atoms with Crippen molar-refractivity contribution in [3.05, 3.63) is 64.7 Å². The molecule has 0 radical (unpaired) electrons.